The predicted molar refractivity (Wildman–Crippen MR) is 92.7 cm³/mol. The smallest absolute Gasteiger partial charge is 0.122 e. The minimum Gasteiger partial charge on any atom is -0.496 e. The van der Waals surface area contributed by atoms with Crippen molar-refractivity contribution in [2.75, 3.05) is 14.2 Å². The maximum Gasteiger partial charge on any atom is 0.122 e. The number of rotatable bonds is 5. The number of hydrogen-bond acceptors (Lipinski definition) is 2. The minimum atomic E-state index is 0.144. The first-order valence-electron chi connectivity index (χ1n) is 6.49. The molecule has 0 spiro atoms. The molecule has 0 aliphatic carbocycles. The molecule has 0 bridgehead atoms. The average Bonchev–Trinajstić information content (AvgIpc) is 2.48. The topological polar surface area (TPSA) is 21.3 Å². The normalized spacial score (nSPS) is 12.2. The molecule has 0 aliphatic heterocycles. The van der Waals surface area contributed by atoms with Gasteiger partial charge in [-0.2, -0.15) is 0 Å². The third-order valence-corrected chi connectivity index (χ3v) is 4.81. The van der Waals surface area contributed by atoms with E-state index in [1.165, 1.54) is 0 Å². The quantitative estimate of drug-likeness (QED) is 0.753. The Morgan fingerprint density at radius 3 is 2.57 bits per heavy atom. The van der Waals surface area contributed by atoms with Crippen LogP contribution in [0, 0.1) is 0 Å². The number of ether oxygens (including phenoxy) is 1. The number of nitrogens with one attached hydrogen (secondary N) is 1. The van der Waals surface area contributed by atoms with E-state index in [2.05, 4.69) is 21.2 Å². The number of benzene rings is 2. The summed E-state index contributed by atoms with van der Waals surface area (Å²) in [6.45, 7) is 0. The lowest BCUT2D eigenvalue weighted by molar-refractivity contribution is 0.406. The maximum atomic E-state index is 6.09. The van der Waals surface area contributed by atoms with Crippen molar-refractivity contribution in [3.05, 3.63) is 62.0 Å². The Hall–Kier alpha value is -0.740. The summed E-state index contributed by atoms with van der Waals surface area (Å²) in [6.07, 6.45) is 0.772. The number of hydrogen-bond donors (Lipinski definition) is 1. The highest BCUT2D eigenvalue weighted by Gasteiger charge is 2.14. The fourth-order valence-electron chi connectivity index (χ4n) is 2.24. The van der Waals surface area contributed by atoms with Crippen LogP contribution < -0.4 is 10.1 Å². The van der Waals surface area contributed by atoms with Gasteiger partial charge in [-0.15, -0.1) is 0 Å². The Labute approximate surface area is 143 Å². The van der Waals surface area contributed by atoms with E-state index in [9.17, 15) is 0 Å². The van der Waals surface area contributed by atoms with Crippen LogP contribution >= 0.6 is 39.1 Å². The molecular weight excluding hydrogens is 373 g/mol. The molecule has 0 heterocycles. The molecule has 1 atom stereocenters. The van der Waals surface area contributed by atoms with Gasteiger partial charge in [-0.25, -0.2) is 0 Å². The van der Waals surface area contributed by atoms with Gasteiger partial charge in [-0.1, -0.05) is 29.3 Å². The Bertz CT molecular complexity index is 634. The molecule has 0 amide bonds. The fraction of sp³-hybridized carbons (Fsp3) is 0.250. The SMILES string of the molecule is CNC(Cc1cc(Cl)ccc1OC)c1ccc(Cl)c(Br)c1. The van der Waals surface area contributed by atoms with Crippen molar-refractivity contribution < 1.29 is 4.74 Å². The highest BCUT2D eigenvalue weighted by atomic mass is 79.9. The molecule has 21 heavy (non-hydrogen) atoms. The van der Waals surface area contributed by atoms with E-state index in [-0.39, 0.29) is 6.04 Å². The van der Waals surface area contributed by atoms with E-state index in [0.717, 1.165) is 27.8 Å². The van der Waals surface area contributed by atoms with Gasteiger partial charge in [0.1, 0.15) is 5.75 Å². The van der Waals surface area contributed by atoms with E-state index in [0.29, 0.717) is 10.0 Å². The van der Waals surface area contributed by atoms with Crippen molar-refractivity contribution in [1.82, 2.24) is 5.32 Å². The van der Waals surface area contributed by atoms with Crippen molar-refractivity contribution >= 4 is 39.1 Å². The van der Waals surface area contributed by atoms with Crippen molar-refractivity contribution in [2.45, 2.75) is 12.5 Å². The van der Waals surface area contributed by atoms with Gasteiger partial charge in [0.15, 0.2) is 0 Å². The summed E-state index contributed by atoms with van der Waals surface area (Å²) in [4.78, 5) is 0. The summed E-state index contributed by atoms with van der Waals surface area (Å²) in [6, 6.07) is 11.7. The van der Waals surface area contributed by atoms with Gasteiger partial charge < -0.3 is 10.1 Å². The summed E-state index contributed by atoms with van der Waals surface area (Å²) in [5, 5.41) is 4.73. The molecule has 0 aromatic heterocycles. The Kier molecular flexibility index (Phi) is 5.94. The maximum absolute atomic E-state index is 6.09. The zero-order chi connectivity index (χ0) is 15.4. The second-order valence-electron chi connectivity index (χ2n) is 4.68. The second-order valence-corrected chi connectivity index (χ2v) is 6.37. The Morgan fingerprint density at radius 2 is 1.95 bits per heavy atom. The first-order valence-corrected chi connectivity index (χ1v) is 8.04. The molecule has 2 aromatic rings. The van der Waals surface area contributed by atoms with Crippen LogP contribution in [0.2, 0.25) is 10.0 Å². The zero-order valence-electron chi connectivity index (χ0n) is 11.8. The van der Waals surface area contributed by atoms with Crippen molar-refractivity contribution in [3.63, 3.8) is 0 Å². The summed E-state index contributed by atoms with van der Waals surface area (Å²) in [5.41, 5.74) is 2.21. The van der Waals surface area contributed by atoms with Crippen LogP contribution in [0.5, 0.6) is 5.75 Å². The van der Waals surface area contributed by atoms with E-state index >= 15 is 0 Å². The molecule has 0 saturated heterocycles. The third-order valence-electron chi connectivity index (χ3n) is 3.36. The lowest BCUT2D eigenvalue weighted by Crippen LogP contribution is -2.19. The van der Waals surface area contributed by atoms with E-state index < -0.39 is 0 Å². The standard InChI is InChI=1S/C16H16BrCl2NO/c1-20-15(10-3-5-14(19)13(17)8-10)9-11-7-12(18)4-6-16(11)21-2/h3-8,15,20H,9H2,1-2H3. The van der Waals surface area contributed by atoms with Crippen molar-refractivity contribution in [2.24, 2.45) is 0 Å². The van der Waals surface area contributed by atoms with Crippen molar-refractivity contribution in [3.8, 4) is 5.75 Å². The minimum absolute atomic E-state index is 0.144. The largest absolute Gasteiger partial charge is 0.496 e. The lowest BCUT2D eigenvalue weighted by Gasteiger charge is -2.19. The van der Waals surface area contributed by atoms with Crippen LogP contribution in [0.15, 0.2) is 40.9 Å². The molecule has 1 N–H and O–H groups in total. The van der Waals surface area contributed by atoms with Gasteiger partial charge in [-0.3, -0.25) is 0 Å². The van der Waals surface area contributed by atoms with E-state index in [1.54, 1.807) is 7.11 Å². The van der Waals surface area contributed by atoms with Crippen LogP contribution in [0.1, 0.15) is 17.2 Å². The van der Waals surface area contributed by atoms with Crippen molar-refractivity contribution in [1.29, 1.82) is 0 Å². The van der Waals surface area contributed by atoms with E-state index in [4.69, 9.17) is 27.9 Å². The third kappa shape index (κ3) is 4.13. The van der Waals surface area contributed by atoms with Crippen LogP contribution in [-0.4, -0.2) is 14.2 Å². The zero-order valence-corrected chi connectivity index (χ0v) is 14.9. The van der Waals surface area contributed by atoms with Crippen LogP contribution in [0.4, 0.5) is 0 Å². The Balaban J connectivity index is 2.30. The summed E-state index contributed by atoms with van der Waals surface area (Å²) < 4.78 is 6.30. The van der Waals surface area contributed by atoms with Gasteiger partial charge >= 0.3 is 0 Å². The number of halogens is 3. The molecule has 1 unspecified atom stereocenters. The summed E-state index contributed by atoms with van der Waals surface area (Å²) >= 11 is 15.6. The van der Waals surface area contributed by atoms with Crippen LogP contribution in [0.3, 0.4) is 0 Å². The molecule has 5 heteroatoms. The first kappa shape index (κ1) is 16.6. The molecule has 2 nitrogen and oxygen atoms in total. The van der Waals surface area contributed by atoms with Gasteiger partial charge in [0, 0.05) is 15.5 Å². The molecule has 112 valence electrons. The van der Waals surface area contributed by atoms with Crippen LogP contribution in [-0.2, 0) is 6.42 Å². The first-order chi connectivity index (χ1) is 10.0. The molecule has 0 saturated carbocycles. The predicted octanol–water partition coefficient (Wildman–Crippen LogP) is 5.27. The van der Waals surface area contributed by atoms with Gasteiger partial charge in [0.2, 0.25) is 0 Å². The molecule has 2 aromatic carbocycles. The average molecular weight is 389 g/mol. The van der Waals surface area contributed by atoms with Gasteiger partial charge in [0.25, 0.3) is 0 Å². The summed E-state index contributed by atoms with van der Waals surface area (Å²) in [5.74, 6) is 0.840. The fourth-order valence-corrected chi connectivity index (χ4v) is 2.95. The second kappa shape index (κ2) is 7.50. The molecule has 0 radical (unpaired) electrons. The molecule has 0 aliphatic rings. The molecule has 2 rings (SSSR count). The number of methoxy groups -OCH3 is 1. The lowest BCUT2D eigenvalue weighted by atomic mass is 9.98. The molecule has 0 fully saturated rings. The number of likely N-dealkylation sites (N-methyl/N-ethyl adjacent to an activating group) is 1. The van der Waals surface area contributed by atoms with Crippen LogP contribution in [0.25, 0.3) is 0 Å². The Morgan fingerprint density at radius 1 is 1.19 bits per heavy atom. The monoisotopic (exact) mass is 387 g/mol. The highest BCUT2D eigenvalue weighted by molar-refractivity contribution is 9.10. The van der Waals surface area contributed by atoms with Gasteiger partial charge in [-0.05, 0) is 70.9 Å². The summed E-state index contributed by atoms with van der Waals surface area (Å²) in [7, 11) is 3.60. The molecular formula is C16H16BrCl2NO. The van der Waals surface area contributed by atoms with E-state index in [1.807, 2.05) is 43.4 Å². The highest BCUT2D eigenvalue weighted by Crippen LogP contribution is 2.30. The van der Waals surface area contributed by atoms with Gasteiger partial charge in [0.05, 0.1) is 12.1 Å².